The van der Waals surface area contributed by atoms with Gasteiger partial charge >= 0.3 is 0 Å². The quantitative estimate of drug-likeness (QED) is 0.770. The highest BCUT2D eigenvalue weighted by molar-refractivity contribution is 5.76. The summed E-state index contributed by atoms with van der Waals surface area (Å²) in [7, 11) is 0. The fraction of sp³-hybridized carbons (Fsp3) is 0.923. The van der Waals surface area contributed by atoms with E-state index < -0.39 is 0 Å². The Balaban J connectivity index is 2.09. The fourth-order valence-electron chi connectivity index (χ4n) is 2.26. The molecule has 1 aliphatic carbocycles. The summed E-state index contributed by atoms with van der Waals surface area (Å²) in [6.45, 7) is 9.14. The lowest BCUT2D eigenvalue weighted by Gasteiger charge is -2.21. The van der Waals surface area contributed by atoms with Gasteiger partial charge in [0, 0.05) is 24.5 Å². The number of rotatable bonds is 4. The smallest absolute Gasteiger partial charge is 0.221 e. The van der Waals surface area contributed by atoms with Crippen molar-refractivity contribution in [1.29, 1.82) is 0 Å². The Kier molecular flexibility index (Phi) is 4.78. The van der Waals surface area contributed by atoms with Crippen LogP contribution in [0.15, 0.2) is 0 Å². The largest absolute Gasteiger partial charge is 0.351 e. The van der Waals surface area contributed by atoms with Gasteiger partial charge in [-0.15, -0.1) is 0 Å². The molecule has 0 radical (unpaired) electrons. The summed E-state index contributed by atoms with van der Waals surface area (Å²) in [6, 6.07) is 0.637. The molecule has 0 heterocycles. The second-order valence-electron chi connectivity index (χ2n) is 6.12. The first-order valence-electron chi connectivity index (χ1n) is 6.41. The first-order chi connectivity index (χ1) is 7.37. The molecule has 0 bridgehead atoms. The molecule has 0 aliphatic heterocycles. The molecule has 1 aliphatic rings. The lowest BCUT2D eigenvalue weighted by molar-refractivity contribution is -0.122. The summed E-state index contributed by atoms with van der Waals surface area (Å²) in [5.41, 5.74) is -0.112. The van der Waals surface area contributed by atoms with Gasteiger partial charge in [0.25, 0.3) is 0 Å². The molecule has 0 aromatic carbocycles. The molecule has 16 heavy (non-hydrogen) atoms. The third kappa shape index (κ3) is 5.50. The fourth-order valence-corrected chi connectivity index (χ4v) is 2.26. The van der Waals surface area contributed by atoms with E-state index >= 15 is 0 Å². The monoisotopic (exact) mass is 226 g/mol. The molecule has 0 saturated heterocycles. The number of amides is 1. The average molecular weight is 226 g/mol. The maximum Gasteiger partial charge on any atom is 0.221 e. The van der Waals surface area contributed by atoms with Crippen LogP contribution in [-0.4, -0.2) is 24.0 Å². The summed E-state index contributed by atoms with van der Waals surface area (Å²) in [4.78, 5) is 11.5. The van der Waals surface area contributed by atoms with Crippen LogP contribution in [0.1, 0.15) is 53.4 Å². The van der Waals surface area contributed by atoms with Crippen molar-refractivity contribution >= 4 is 5.91 Å². The molecule has 0 aromatic heterocycles. The van der Waals surface area contributed by atoms with Crippen molar-refractivity contribution in [3.63, 3.8) is 0 Å². The van der Waals surface area contributed by atoms with Gasteiger partial charge in [0.05, 0.1) is 0 Å². The molecule has 3 heteroatoms. The van der Waals surface area contributed by atoms with E-state index in [0.29, 0.717) is 12.5 Å². The molecule has 2 N–H and O–H groups in total. The zero-order chi connectivity index (χ0) is 12.2. The molecule has 3 nitrogen and oxygen atoms in total. The molecule has 0 aromatic rings. The van der Waals surface area contributed by atoms with Crippen molar-refractivity contribution in [2.24, 2.45) is 5.92 Å². The molecular weight excluding hydrogens is 200 g/mol. The Hall–Kier alpha value is -0.570. The predicted octanol–water partition coefficient (Wildman–Crippen LogP) is 2.07. The number of carbonyl (C=O) groups excluding carboxylic acids is 1. The highest BCUT2D eigenvalue weighted by Crippen LogP contribution is 2.24. The molecule has 0 spiro atoms. The molecule has 2 unspecified atom stereocenters. The predicted molar refractivity (Wildman–Crippen MR) is 67.3 cm³/mol. The lowest BCUT2D eigenvalue weighted by atomic mass is 10.1. The minimum atomic E-state index is -0.112. The minimum Gasteiger partial charge on any atom is -0.351 e. The van der Waals surface area contributed by atoms with Crippen LogP contribution in [0.4, 0.5) is 0 Å². The van der Waals surface area contributed by atoms with E-state index in [-0.39, 0.29) is 11.4 Å². The summed E-state index contributed by atoms with van der Waals surface area (Å²) in [5, 5.41) is 6.44. The normalized spacial score (nSPS) is 25.8. The van der Waals surface area contributed by atoms with Crippen LogP contribution in [-0.2, 0) is 4.79 Å². The van der Waals surface area contributed by atoms with Crippen molar-refractivity contribution in [3.05, 3.63) is 0 Å². The Morgan fingerprint density at radius 2 is 2.00 bits per heavy atom. The number of nitrogens with one attached hydrogen (secondary N) is 2. The van der Waals surface area contributed by atoms with Crippen molar-refractivity contribution in [1.82, 2.24) is 10.6 Å². The van der Waals surface area contributed by atoms with E-state index in [1.54, 1.807) is 0 Å². The van der Waals surface area contributed by atoms with E-state index in [0.717, 1.165) is 12.5 Å². The summed E-state index contributed by atoms with van der Waals surface area (Å²) in [6.07, 6.45) is 4.44. The molecule has 1 amide bonds. The van der Waals surface area contributed by atoms with E-state index in [9.17, 15) is 4.79 Å². The zero-order valence-corrected chi connectivity index (χ0v) is 11.1. The maximum absolute atomic E-state index is 11.5. The highest BCUT2D eigenvalue weighted by atomic mass is 16.1. The van der Waals surface area contributed by atoms with Crippen LogP contribution >= 0.6 is 0 Å². The SMILES string of the molecule is CC1CCC(NCCC(=O)NC(C)(C)C)C1. The van der Waals surface area contributed by atoms with Crippen LogP contribution in [0.2, 0.25) is 0 Å². The molecule has 94 valence electrons. The Bertz CT molecular complexity index is 233. The Morgan fingerprint density at radius 1 is 1.31 bits per heavy atom. The van der Waals surface area contributed by atoms with Gasteiger partial charge in [-0.3, -0.25) is 4.79 Å². The van der Waals surface area contributed by atoms with Crippen LogP contribution in [0.5, 0.6) is 0 Å². The van der Waals surface area contributed by atoms with Crippen LogP contribution in [0.25, 0.3) is 0 Å². The van der Waals surface area contributed by atoms with E-state index in [1.807, 2.05) is 20.8 Å². The average Bonchev–Trinajstić information content (AvgIpc) is 2.48. The second kappa shape index (κ2) is 5.67. The van der Waals surface area contributed by atoms with E-state index in [4.69, 9.17) is 0 Å². The highest BCUT2D eigenvalue weighted by Gasteiger charge is 2.20. The summed E-state index contributed by atoms with van der Waals surface area (Å²) in [5.74, 6) is 0.993. The molecule has 1 rings (SSSR count). The number of hydrogen-bond acceptors (Lipinski definition) is 2. The van der Waals surface area contributed by atoms with Gasteiger partial charge in [-0.05, 0) is 46.0 Å². The second-order valence-corrected chi connectivity index (χ2v) is 6.12. The van der Waals surface area contributed by atoms with E-state index in [1.165, 1.54) is 19.3 Å². The van der Waals surface area contributed by atoms with Gasteiger partial charge in [0.2, 0.25) is 5.91 Å². The van der Waals surface area contributed by atoms with Crippen molar-refractivity contribution in [2.75, 3.05) is 6.54 Å². The van der Waals surface area contributed by atoms with Crippen molar-refractivity contribution in [3.8, 4) is 0 Å². The van der Waals surface area contributed by atoms with Crippen LogP contribution in [0.3, 0.4) is 0 Å². The Morgan fingerprint density at radius 3 is 2.50 bits per heavy atom. The standard InChI is InChI=1S/C13H26N2O/c1-10-5-6-11(9-10)14-8-7-12(16)15-13(2,3)4/h10-11,14H,5-9H2,1-4H3,(H,15,16). The van der Waals surface area contributed by atoms with Gasteiger partial charge in [0.15, 0.2) is 0 Å². The van der Waals surface area contributed by atoms with Gasteiger partial charge in [0.1, 0.15) is 0 Å². The van der Waals surface area contributed by atoms with Crippen LogP contribution < -0.4 is 10.6 Å². The van der Waals surface area contributed by atoms with Gasteiger partial charge in [-0.25, -0.2) is 0 Å². The van der Waals surface area contributed by atoms with E-state index in [2.05, 4.69) is 17.6 Å². The zero-order valence-electron chi connectivity index (χ0n) is 11.1. The lowest BCUT2D eigenvalue weighted by Crippen LogP contribution is -2.42. The Labute approximate surface area is 99.4 Å². The van der Waals surface area contributed by atoms with Crippen LogP contribution in [0, 0.1) is 5.92 Å². The van der Waals surface area contributed by atoms with Gasteiger partial charge in [-0.1, -0.05) is 6.92 Å². The topological polar surface area (TPSA) is 41.1 Å². The van der Waals surface area contributed by atoms with Crippen molar-refractivity contribution in [2.45, 2.75) is 65.0 Å². The minimum absolute atomic E-state index is 0.112. The molecule has 1 fully saturated rings. The first kappa shape index (κ1) is 13.5. The van der Waals surface area contributed by atoms with Gasteiger partial charge in [-0.2, -0.15) is 0 Å². The summed E-state index contributed by atoms with van der Waals surface area (Å²) >= 11 is 0. The third-order valence-electron chi connectivity index (χ3n) is 2.99. The summed E-state index contributed by atoms with van der Waals surface area (Å²) < 4.78 is 0. The van der Waals surface area contributed by atoms with Crippen molar-refractivity contribution < 1.29 is 4.79 Å². The first-order valence-corrected chi connectivity index (χ1v) is 6.41. The maximum atomic E-state index is 11.5. The molecule has 2 atom stereocenters. The molecule has 1 saturated carbocycles. The number of carbonyl (C=O) groups is 1. The van der Waals surface area contributed by atoms with Gasteiger partial charge < -0.3 is 10.6 Å². The molecular formula is C13H26N2O. The third-order valence-corrected chi connectivity index (χ3v) is 2.99. The number of hydrogen-bond donors (Lipinski definition) is 2.